The lowest BCUT2D eigenvalue weighted by molar-refractivity contribution is -0.0896. The number of hydrogen-bond acceptors (Lipinski definition) is 3. The third kappa shape index (κ3) is 2.20. The highest BCUT2D eigenvalue weighted by atomic mass is 79.9. The second-order valence-corrected chi connectivity index (χ2v) is 4.80. The van der Waals surface area contributed by atoms with Gasteiger partial charge in [0, 0.05) is 5.39 Å². The quantitative estimate of drug-likeness (QED) is 0.757. The average molecular weight is 294 g/mol. The lowest BCUT2D eigenvalue weighted by atomic mass is 10.0. The van der Waals surface area contributed by atoms with E-state index in [4.69, 9.17) is 9.47 Å². The second kappa shape index (κ2) is 4.72. The summed E-state index contributed by atoms with van der Waals surface area (Å²) in [5.41, 5.74) is 2.12. The summed E-state index contributed by atoms with van der Waals surface area (Å²) in [5.74, 6) is 0. The van der Waals surface area contributed by atoms with Gasteiger partial charge in [0.1, 0.15) is 10.7 Å². The molecule has 1 fully saturated rings. The Hall–Kier alpha value is -0.970. The molecular formula is C13H12BrNO2. The van der Waals surface area contributed by atoms with Crippen LogP contribution in [0.4, 0.5) is 0 Å². The molecule has 1 saturated heterocycles. The van der Waals surface area contributed by atoms with Crippen molar-refractivity contribution in [2.24, 2.45) is 0 Å². The summed E-state index contributed by atoms with van der Waals surface area (Å²) in [4.78, 5) is 4.45. The van der Waals surface area contributed by atoms with Crippen molar-refractivity contribution in [2.45, 2.75) is 6.10 Å². The predicted molar refractivity (Wildman–Crippen MR) is 69.0 cm³/mol. The highest BCUT2D eigenvalue weighted by Crippen LogP contribution is 2.29. The Kier molecular flexibility index (Phi) is 3.09. The van der Waals surface area contributed by atoms with Crippen LogP contribution in [0, 0.1) is 0 Å². The van der Waals surface area contributed by atoms with Crippen LogP contribution in [0.25, 0.3) is 10.9 Å². The summed E-state index contributed by atoms with van der Waals surface area (Å²) in [6, 6.07) is 10.1. The van der Waals surface area contributed by atoms with E-state index in [2.05, 4.69) is 27.0 Å². The third-order valence-corrected chi connectivity index (χ3v) is 3.29. The molecular weight excluding hydrogens is 282 g/mol. The lowest BCUT2D eigenvalue weighted by Crippen LogP contribution is -2.22. The summed E-state index contributed by atoms with van der Waals surface area (Å²) in [5, 5.41) is 1.13. The van der Waals surface area contributed by atoms with E-state index in [1.165, 1.54) is 0 Å². The molecule has 1 aromatic carbocycles. The van der Waals surface area contributed by atoms with Gasteiger partial charge in [-0.15, -0.1) is 0 Å². The molecule has 0 amide bonds. The minimum atomic E-state index is 0.00736. The first kappa shape index (κ1) is 11.1. The highest BCUT2D eigenvalue weighted by molar-refractivity contribution is 9.10. The summed E-state index contributed by atoms with van der Waals surface area (Å²) >= 11 is 3.44. The topological polar surface area (TPSA) is 31.4 Å². The van der Waals surface area contributed by atoms with Crippen LogP contribution in [-0.4, -0.2) is 24.8 Å². The molecule has 0 spiro atoms. The first-order chi connectivity index (χ1) is 8.34. The molecule has 1 aromatic heterocycles. The molecule has 0 aliphatic carbocycles. The van der Waals surface area contributed by atoms with E-state index in [0.717, 1.165) is 21.1 Å². The summed E-state index contributed by atoms with van der Waals surface area (Å²) < 4.78 is 12.1. The lowest BCUT2D eigenvalue weighted by Gasteiger charge is -2.24. The van der Waals surface area contributed by atoms with E-state index in [-0.39, 0.29) is 6.10 Å². The van der Waals surface area contributed by atoms with Crippen LogP contribution in [0.5, 0.6) is 0 Å². The van der Waals surface area contributed by atoms with Gasteiger partial charge < -0.3 is 9.47 Å². The van der Waals surface area contributed by atoms with E-state index in [1.54, 1.807) is 0 Å². The SMILES string of the molecule is Brc1cc(C2COCCO2)c2ccccc2n1. The molecule has 88 valence electrons. The van der Waals surface area contributed by atoms with Crippen LogP contribution < -0.4 is 0 Å². The van der Waals surface area contributed by atoms with Gasteiger partial charge in [-0.3, -0.25) is 0 Å². The molecule has 1 aliphatic heterocycles. The molecule has 4 heteroatoms. The van der Waals surface area contributed by atoms with Crippen LogP contribution in [0.15, 0.2) is 34.9 Å². The number of halogens is 1. The Morgan fingerprint density at radius 2 is 2.12 bits per heavy atom. The van der Waals surface area contributed by atoms with Gasteiger partial charge in [-0.1, -0.05) is 18.2 Å². The van der Waals surface area contributed by atoms with Crippen molar-refractivity contribution in [1.29, 1.82) is 0 Å². The predicted octanol–water partition coefficient (Wildman–Crippen LogP) is 3.09. The van der Waals surface area contributed by atoms with Crippen molar-refractivity contribution >= 4 is 26.8 Å². The van der Waals surface area contributed by atoms with Crippen LogP contribution in [0.3, 0.4) is 0 Å². The van der Waals surface area contributed by atoms with E-state index in [1.807, 2.05) is 24.3 Å². The smallest absolute Gasteiger partial charge is 0.107 e. The summed E-state index contributed by atoms with van der Waals surface area (Å²) in [6.45, 7) is 1.94. The minimum absolute atomic E-state index is 0.00736. The van der Waals surface area contributed by atoms with Gasteiger partial charge in [0.05, 0.1) is 25.3 Å². The van der Waals surface area contributed by atoms with Crippen LogP contribution >= 0.6 is 15.9 Å². The van der Waals surface area contributed by atoms with Crippen molar-refractivity contribution < 1.29 is 9.47 Å². The zero-order valence-corrected chi connectivity index (χ0v) is 10.8. The number of benzene rings is 1. The van der Waals surface area contributed by atoms with E-state index in [0.29, 0.717) is 19.8 Å². The standard InChI is InChI=1S/C13H12BrNO2/c14-13-7-10(12-8-16-5-6-17-12)9-3-1-2-4-11(9)15-13/h1-4,7,12H,5-6,8H2. The molecule has 0 N–H and O–H groups in total. The number of para-hydroxylation sites is 1. The number of nitrogens with zero attached hydrogens (tertiary/aromatic N) is 1. The largest absolute Gasteiger partial charge is 0.376 e. The van der Waals surface area contributed by atoms with Gasteiger partial charge in [-0.05, 0) is 33.6 Å². The van der Waals surface area contributed by atoms with Gasteiger partial charge in [-0.25, -0.2) is 4.98 Å². The van der Waals surface area contributed by atoms with Crippen molar-refractivity contribution in [3.05, 3.63) is 40.5 Å². The van der Waals surface area contributed by atoms with Crippen molar-refractivity contribution in [2.75, 3.05) is 19.8 Å². The van der Waals surface area contributed by atoms with E-state index in [9.17, 15) is 0 Å². The number of hydrogen-bond donors (Lipinski definition) is 0. The van der Waals surface area contributed by atoms with Gasteiger partial charge in [0.25, 0.3) is 0 Å². The molecule has 3 rings (SSSR count). The van der Waals surface area contributed by atoms with Crippen molar-refractivity contribution in [3.8, 4) is 0 Å². The molecule has 0 bridgehead atoms. The fourth-order valence-corrected chi connectivity index (χ4v) is 2.54. The monoisotopic (exact) mass is 293 g/mol. The number of aromatic nitrogens is 1. The van der Waals surface area contributed by atoms with Gasteiger partial charge >= 0.3 is 0 Å². The van der Waals surface area contributed by atoms with E-state index >= 15 is 0 Å². The van der Waals surface area contributed by atoms with Crippen LogP contribution in [0.2, 0.25) is 0 Å². The van der Waals surface area contributed by atoms with Gasteiger partial charge in [0.2, 0.25) is 0 Å². The van der Waals surface area contributed by atoms with Gasteiger partial charge in [0.15, 0.2) is 0 Å². The molecule has 0 saturated carbocycles. The molecule has 1 atom stereocenters. The van der Waals surface area contributed by atoms with Crippen LogP contribution in [-0.2, 0) is 9.47 Å². The molecule has 17 heavy (non-hydrogen) atoms. The Bertz CT molecular complexity index is 538. The normalized spacial score (nSPS) is 20.6. The summed E-state index contributed by atoms with van der Waals surface area (Å²) in [7, 11) is 0. The Morgan fingerprint density at radius 3 is 2.94 bits per heavy atom. The van der Waals surface area contributed by atoms with Crippen molar-refractivity contribution in [1.82, 2.24) is 4.98 Å². The number of rotatable bonds is 1. The zero-order chi connectivity index (χ0) is 11.7. The van der Waals surface area contributed by atoms with E-state index < -0.39 is 0 Å². The molecule has 3 nitrogen and oxygen atoms in total. The third-order valence-electron chi connectivity index (χ3n) is 2.88. The number of ether oxygens (including phenoxy) is 2. The molecule has 0 radical (unpaired) electrons. The highest BCUT2D eigenvalue weighted by Gasteiger charge is 2.19. The Labute approximate surface area is 108 Å². The first-order valence-electron chi connectivity index (χ1n) is 5.59. The second-order valence-electron chi connectivity index (χ2n) is 3.99. The molecule has 1 aliphatic rings. The number of pyridine rings is 1. The Morgan fingerprint density at radius 1 is 1.24 bits per heavy atom. The summed E-state index contributed by atoms with van der Waals surface area (Å²) in [6.07, 6.45) is 0.00736. The fraction of sp³-hybridized carbons (Fsp3) is 0.308. The van der Waals surface area contributed by atoms with Crippen LogP contribution in [0.1, 0.15) is 11.7 Å². The Balaban J connectivity index is 2.13. The average Bonchev–Trinajstić information content (AvgIpc) is 2.39. The minimum Gasteiger partial charge on any atom is -0.376 e. The first-order valence-corrected chi connectivity index (χ1v) is 6.38. The van der Waals surface area contributed by atoms with Gasteiger partial charge in [-0.2, -0.15) is 0 Å². The molecule has 2 aromatic rings. The fourth-order valence-electron chi connectivity index (χ4n) is 2.10. The maximum Gasteiger partial charge on any atom is 0.107 e. The van der Waals surface area contributed by atoms with Crippen molar-refractivity contribution in [3.63, 3.8) is 0 Å². The zero-order valence-electron chi connectivity index (χ0n) is 9.23. The maximum atomic E-state index is 5.75. The molecule has 1 unspecified atom stereocenters. The molecule has 2 heterocycles. The number of fused-ring (bicyclic) bond motifs is 1. The maximum absolute atomic E-state index is 5.75.